The van der Waals surface area contributed by atoms with Gasteiger partial charge in [0.15, 0.2) is 0 Å². The number of piperidine rings is 1. The number of hydrogen-bond acceptors (Lipinski definition) is 5. The smallest absolute Gasteiger partial charge is 0.262 e. The van der Waals surface area contributed by atoms with Crippen molar-refractivity contribution in [3.05, 3.63) is 34.9 Å². The molecule has 1 fully saturated rings. The van der Waals surface area contributed by atoms with E-state index in [1.165, 1.54) is 0 Å². The maximum Gasteiger partial charge on any atom is 0.262 e. The first-order chi connectivity index (χ1) is 11.0. The van der Waals surface area contributed by atoms with Gasteiger partial charge in [0, 0.05) is 12.8 Å². The maximum atomic E-state index is 12.5. The van der Waals surface area contributed by atoms with Gasteiger partial charge in [0.2, 0.25) is 11.8 Å². The lowest BCUT2D eigenvalue weighted by Gasteiger charge is -2.27. The van der Waals surface area contributed by atoms with E-state index >= 15 is 0 Å². The third kappa shape index (κ3) is 2.54. The molecule has 7 heteroatoms. The fraction of sp³-hybridized carbons (Fsp3) is 0.312. The number of nitrogens with zero attached hydrogens (tertiary/aromatic N) is 1. The second-order valence-corrected chi connectivity index (χ2v) is 5.53. The van der Waals surface area contributed by atoms with Crippen LogP contribution in [-0.4, -0.2) is 40.9 Å². The van der Waals surface area contributed by atoms with Crippen molar-refractivity contribution in [2.45, 2.75) is 31.7 Å². The molecule has 7 nitrogen and oxygen atoms in total. The van der Waals surface area contributed by atoms with E-state index < -0.39 is 29.7 Å². The Morgan fingerprint density at radius 3 is 2.57 bits per heavy atom. The molecule has 118 valence electrons. The van der Waals surface area contributed by atoms with Crippen molar-refractivity contribution >= 4 is 29.9 Å². The predicted octanol–water partition coefficient (Wildman–Crippen LogP) is 0.219. The van der Waals surface area contributed by atoms with Gasteiger partial charge in [0.1, 0.15) is 12.3 Å². The number of aldehydes is 1. The summed E-state index contributed by atoms with van der Waals surface area (Å²) in [5.74, 6) is -2.09. The molecule has 1 saturated heterocycles. The number of carbonyl (C=O) groups is 5. The third-order valence-corrected chi connectivity index (χ3v) is 4.06. The third-order valence-electron chi connectivity index (χ3n) is 4.06. The molecule has 1 aromatic rings. The molecule has 0 aromatic heterocycles. The van der Waals surface area contributed by atoms with Crippen molar-refractivity contribution in [2.24, 2.45) is 0 Å². The van der Waals surface area contributed by atoms with Gasteiger partial charge in [-0.05, 0) is 30.5 Å². The first kappa shape index (κ1) is 15.1. The lowest BCUT2D eigenvalue weighted by Crippen LogP contribution is -2.54. The summed E-state index contributed by atoms with van der Waals surface area (Å²) in [6.45, 7) is 0. The van der Waals surface area contributed by atoms with E-state index in [9.17, 15) is 24.0 Å². The van der Waals surface area contributed by atoms with Crippen LogP contribution in [0.5, 0.6) is 0 Å². The van der Waals surface area contributed by atoms with E-state index in [0.717, 1.165) is 16.7 Å². The normalized spacial score (nSPS) is 20.5. The average molecular weight is 314 g/mol. The predicted molar refractivity (Wildman–Crippen MR) is 77.5 cm³/mol. The molecule has 1 aromatic carbocycles. The highest BCUT2D eigenvalue weighted by atomic mass is 16.2. The molecule has 0 bridgehead atoms. The second kappa shape index (κ2) is 5.75. The molecule has 1 atom stereocenters. The second-order valence-electron chi connectivity index (χ2n) is 5.53. The van der Waals surface area contributed by atoms with Gasteiger partial charge in [-0.25, -0.2) is 0 Å². The highest BCUT2D eigenvalue weighted by Gasteiger charge is 2.44. The van der Waals surface area contributed by atoms with Crippen LogP contribution in [0.1, 0.15) is 45.5 Å². The lowest BCUT2D eigenvalue weighted by atomic mass is 10.0. The van der Waals surface area contributed by atoms with Crippen LogP contribution in [0.15, 0.2) is 18.2 Å². The van der Waals surface area contributed by atoms with Gasteiger partial charge in [0.25, 0.3) is 11.8 Å². The number of aryl methyl sites for hydroxylation is 1. The zero-order chi connectivity index (χ0) is 16.6. The maximum absolute atomic E-state index is 12.5. The minimum Gasteiger partial charge on any atom is -0.303 e. The van der Waals surface area contributed by atoms with Gasteiger partial charge in [-0.3, -0.25) is 29.4 Å². The van der Waals surface area contributed by atoms with Crippen molar-refractivity contribution in [2.75, 3.05) is 0 Å². The van der Waals surface area contributed by atoms with E-state index in [1.807, 2.05) is 0 Å². The Labute approximate surface area is 131 Å². The van der Waals surface area contributed by atoms with Gasteiger partial charge >= 0.3 is 0 Å². The van der Waals surface area contributed by atoms with Gasteiger partial charge < -0.3 is 4.79 Å². The zero-order valence-corrected chi connectivity index (χ0v) is 12.2. The standard InChI is InChI=1S/C16H14N2O5/c19-7-1-2-9-3-4-10-11(8-9)16(23)18(15(10)22)12-5-6-13(20)17-14(12)21/h3-4,7-8,12H,1-2,5-6H2,(H,17,20,21). The van der Waals surface area contributed by atoms with Gasteiger partial charge in [0.05, 0.1) is 11.1 Å². The number of nitrogens with one attached hydrogen (secondary N) is 1. The molecule has 2 aliphatic rings. The number of carbonyl (C=O) groups excluding carboxylic acids is 5. The Hall–Kier alpha value is -2.83. The molecule has 1 N–H and O–H groups in total. The fourth-order valence-corrected chi connectivity index (χ4v) is 2.90. The molecule has 1 unspecified atom stereocenters. The molecule has 0 spiro atoms. The molecule has 4 amide bonds. The summed E-state index contributed by atoms with van der Waals surface area (Å²) in [6, 6.07) is 3.87. The van der Waals surface area contributed by atoms with Crippen molar-refractivity contribution in [3.63, 3.8) is 0 Å². The van der Waals surface area contributed by atoms with Crippen molar-refractivity contribution in [1.82, 2.24) is 10.2 Å². The van der Waals surface area contributed by atoms with E-state index in [-0.39, 0.29) is 24.0 Å². The number of benzene rings is 1. The summed E-state index contributed by atoms with van der Waals surface area (Å²) in [6.07, 6.45) is 1.83. The van der Waals surface area contributed by atoms with Crippen molar-refractivity contribution in [3.8, 4) is 0 Å². The summed E-state index contributed by atoms with van der Waals surface area (Å²) in [5, 5.41) is 2.15. The van der Waals surface area contributed by atoms with Gasteiger partial charge in [-0.15, -0.1) is 0 Å². The summed E-state index contributed by atoms with van der Waals surface area (Å²) in [7, 11) is 0. The Kier molecular flexibility index (Phi) is 3.77. The SMILES string of the molecule is O=CCCc1ccc2c(c1)C(=O)N(C1CCC(=O)NC1=O)C2=O. The molecule has 2 heterocycles. The average Bonchev–Trinajstić information content (AvgIpc) is 2.77. The van der Waals surface area contributed by atoms with Gasteiger partial charge in [-0.2, -0.15) is 0 Å². The van der Waals surface area contributed by atoms with E-state index in [4.69, 9.17) is 0 Å². The van der Waals surface area contributed by atoms with Crippen LogP contribution in [0.3, 0.4) is 0 Å². The summed E-state index contributed by atoms with van der Waals surface area (Å²) >= 11 is 0. The molecule has 23 heavy (non-hydrogen) atoms. The number of rotatable bonds is 4. The molecule has 3 rings (SSSR count). The number of hydrogen-bond donors (Lipinski definition) is 1. The fourth-order valence-electron chi connectivity index (χ4n) is 2.90. The molecule has 0 saturated carbocycles. The minimum absolute atomic E-state index is 0.0917. The van der Waals surface area contributed by atoms with Crippen LogP contribution in [0.25, 0.3) is 0 Å². The molecule has 0 aliphatic carbocycles. The molecular weight excluding hydrogens is 300 g/mol. The highest BCUT2D eigenvalue weighted by Crippen LogP contribution is 2.28. The number of imide groups is 2. The highest BCUT2D eigenvalue weighted by molar-refractivity contribution is 6.23. The Bertz CT molecular complexity index is 740. The van der Waals surface area contributed by atoms with Crippen LogP contribution < -0.4 is 5.32 Å². The molecular formula is C16H14N2O5. The molecule has 2 aliphatic heterocycles. The number of fused-ring (bicyclic) bond motifs is 1. The van der Waals surface area contributed by atoms with E-state index in [2.05, 4.69) is 5.32 Å². The zero-order valence-electron chi connectivity index (χ0n) is 12.2. The largest absolute Gasteiger partial charge is 0.303 e. The van der Waals surface area contributed by atoms with E-state index in [1.54, 1.807) is 18.2 Å². The number of amides is 4. The monoisotopic (exact) mass is 314 g/mol. The van der Waals surface area contributed by atoms with Crippen LogP contribution >= 0.6 is 0 Å². The Balaban J connectivity index is 1.89. The summed E-state index contributed by atoms with van der Waals surface area (Å²) in [5.41, 5.74) is 1.26. The Morgan fingerprint density at radius 1 is 1.13 bits per heavy atom. The summed E-state index contributed by atoms with van der Waals surface area (Å²) in [4.78, 5) is 59.5. The van der Waals surface area contributed by atoms with Crippen LogP contribution in [0.4, 0.5) is 0 Å². The quantitative estimate of drug-likeness (QED) is 0.633. The van der Waals surface area contributed by atoms with Crippen LogP contribution in [0.2, 0.25) is 0 Å². The van der Waals surface area contributed by atoms with Crippen LogP contribution in [0, 0.1) is 0 Å². The summed E-state index contributed by atoms with van der Waals surface area (Å²) < 4.78 is 0. The Morgan fingerprint density at radius 2 is 1.87 bits per heavy atom. The molecule has 0 radical (unpaired) electrons. The first-order valence-electron chi connectivity index (χ1n) is 7.31. The lowest BCUT2D eigenvalue weighted by molar-refractivity contribution is -0.136. The van der Waals surface area contributed by atoms with Crippen LogP contribution in [-0.2, 0) is 20.8 Å². The van der Waals surface area contributed by atoms with E-state index in [0.29, 0.717) is 12.8 Å². The minimum atomic E-state index is -0.960. The van der Waals surface area contributed by atoms with Gasteiger partial charge in [-0.1, -0.05) is 6.07 Å². The van der Waals surface area contributed by atoms with Crippen molar-refractivity contribution < 1.29 is 24.0 Å². The van der Waals surface area contributed by atoms with Crippen molar-refractivity contribution in [1.29, 1.82) is 0 Å². The first-order valence-corrected chi connectivity index (χ1v) is 7.31. The topological polar surface area (TPSA) is 101 Å².